The molecule has 148 valence electrons. The standard InChI is InChI=1S/C20H18N4O4S/c1-12-17(25)8-7-16-14(9-18(26)28-19(12)16)11-29-20-21-22-23-24(20)10-13-3-5-15(27-2)6-4-13/h3-9,25H,10-11H2,1-2H3. The summed E-state index contributed by atoms with van der Waals surface area (Å²) in [6.45, 7) is 2.23. The van der Waals surface area contributed by atoms with Gasteiger partial charge >= 0.3 is 5.63 Å². The zero-order valence-corrected chi connectivity index (χ0v) is 16.6. The Hall–Kier alpha value is -3.33. The molecule has 0 saturated carbocycles. The van der Waals surface area contributed by atoms with Crippen molar-refractivity contribution in [2.45, 2.75) is 24.4 Å². The molecule has 0 atom stereocenters. The third kappa shape index (κ3) is 3.95. The summed E-state index contributed by atoms with van der Waals surface area (Å²) in [5, 5.41) is 23.2. The number of thioether (sulfide) groups is 1. The Morgan fingerprint density at radius 2 is 2.00 bits per heavy atom. The van der Waals surface area contributed by atoms with E-state index in [1.165, 1.54) is 17.8 Å². The van der Waals surface area contributed by atoms with Crippen molar-refractivity contribution < 1.29 is 14.3 Å². The first-order valence-corrected chi connectivity index (χ1v) is 9.81. The Labute approximate surface area is 170 Å². The van der Waals surface area contributed by atoms with Crippen LogP contribution in [0, 0.1) is 6.92 Å². The number of ether oxygens (including phenoxy) is 1. The van der Waals surface area contributed by atoms with Crippen LogP contribution in [0.4, 0.5) is 0 Å². The Bertz CT molecular complexity index is 1220. The maximum atomic E-state index is 12.0. The molecule has 9 heteroatoms. The molecule has 0 aliphatic heterocycles. The van der Waals surface area contributed by atoms with Gasteiger partial charge in [0.05, 0.1) is 13.7 Å². The maximum absolute atomic E-state index is 12.0. The van der Waals surface area contributed by atoms with E-state index in [0.717, 1.165) is 22.3 Å². The van der Waals surface area contributed by atoms with Gasteiger partial charge in [-0.05, 0) is 52.7 Å². The zero-order chi connectivity index (χ0) is 20.4. The SMILES string of the molecule is COc1ccc(Cn2nnnc2SCc2cc(=O)oc3c(C)c(O)ccc23)cc1. The van der Waals surface area contributed by atoms with Crippen LogP contribution in [0.1, 0.15) is 16.7 Å². The van der Waals surface area contributed by atoms with Crippen LogP contribution in [0.5, 0.6) is 11.5 Å². The number of rotatable bonds is 6. The molecule has 4 rings (SSSR count). The molecule has 2 heterocycles. The highest BCUT2D eigenvalue weighted by Gasteiger charge is 2.13. The van der Waals surface area contributed by atoms with Crippen LogP contribution in [0.3, 0.4) is 0 Å². The summed E-state index contributed by atoms with van der Waals surface area (Å²) in [6.07, 6.45) is 0. The van der Waals surface area contributed by atoms with Crippen molar-refractivity contribution in [1.82, 2.24) is 20.2 Å². The van der Waals surface area contributed by atoms with E-state index in [-0.39, 0.29) is 5.75 Å². The molecule has 2 aromatic carbocycles. The topological polar surface area (TPSA) is 103 Å². The van der Waals surface area contributed by atoms with Crippen LogP contribution < -0.4 is 10.4 Å². The predicted molar refractivity (Wildman–Crippen MR) is 108 cm³/mol. The molecule has 1 N–H and O–H groups in total. The largest absolute Gasteiger partial charge is 0.508 e. The smallest absolute Gasteiger partial charge is 0.336 e. The van der Waals surface area contributed by atoms with Crippen LogP contribution in [0.25, 0.3) is 11.0 Å². The highest BCUT2D eigenvalue weighted by atomic mass is 32.2. The van der Waals surface area contributed by atoms with E-state index >= 15 is 0 Å². The van der Waals surface area contributed by atoms with Gasteiger partial charge in [-0.15, -0.1) is 5.10 Å². The average molecular weight is 410 g/mol. The summed E-state index contributed by atoms with van der Waals surface area (Å²) >= 11 is 1.43. The van der Waals surface area contributed by atoms with Crippen molar-refractivity contribution in [3.63, 3.8) is 0 Å². The van der Waals surface area contributed by atoms with Crippen LogP contribution in [-0.2, 0) is 12.3 Å². The van der Waals surface area contributed by atoms with Gasteiger partial charge in [-0.2, -0.15) is 0 Å². The molecule has 8 nitrogen and oxygen atoms in total. The van der Waals surface area contributed by atoms with Crippen LogP contribution in [0.2, 0.25) is 0 Å². The van der Waals surface area contributed by atoms with Crippen LogP contribution in [-0.4, -0.2) is 32.4 Å². The number of hydrogen-bond acceptors (Lipinski definition) is 8. The van der Waals surface area contributed by atoms with Gasteiger partial charge in [-0.1, -0.05) is 23.9 Å². The fourth-order valence-electron chi connectivity index (χ4n) is 2.98. The van der Waals surface area contributed by atoms with E-state index < -0.39 is 5.63 Å². The van der Waals surface area contributed by atoms with Gasteiger partial charge < -0.3 is 14.3 Å². The van der Waals surface area contributed by atoms with Crippen molar-refractivity contribution in [2.75, 3.05) is 7.11 Å². The number of benzene rings is 2. The van der Waals surface area contributed by atoms with E-state index in [1.54, 1.807) is 30.8 Å². The highest BCUT2D eigenvalue weighted by molar-refractivity contribution is 7.98. The van der Waals surface area contributed by atoms with Crippen LogP contribution >= 0.6 is 11.8 Å². The summed E-state index contributed by atoms with van der Waals surface area (Å²) in [7, 11) is 1.63. The lowest BCUT2D eigenvalue weighted by molar-refractivity contribution is 0.414. The van der Waals surface area contributed by atoms with Crippen molar-refractivity contribution >= 4 is 22.7 Å². The van der Waals surface area contributed by atoms with Gasteiger partial charge in [0.2, 0.25) is 5.16 Å². The van der Waals surface area contributed by atoms with Gasteiger partial charge in [0.1, 0.15) is 17.1 Å². The molecular formula is C20H18N4O4S. The molecule has 0 radical (unpaired) electrons. The van der Waals surface area contributed by atoms with E-state index in [9.17, 15) is 9.90 Å². The first-order valence-electron chi connectivity index (χ1n) is 8.82. The molecule has 0 amide bonds. The molecule has 0 saturated heterocycles. The second-order valence-electron chi connectivity index (χ2n) is 6.43. The first kappa shape index (κ1) is 19.0. The number of fused-ring (bicyclic) bond motifs is 1. The lowest BCUT2D eigenvalue weighted by Crippen LogP contribution is -2.05. The quantitative estimate of drug-likeness (QED) is 0.382. The summed E-state index contributed by atoms with van der Waals surface area (Å²) in [5.41, 5.74) is 2.31. The number of aromatic hydroxyl groups is 1. The van der Waals surface area contributed by atoms with Gasteiger partial charge in [0, 0.05) is 22.8 Å². The fraction of sp³-hybridized carbons (Fsp3) is 0.200. The molecular weight excluding hydrogens is 392 g/mol. The summed E-state index contributed by atoms with van der Waals surface area (Å²) in [5.74, 6) is 1.36. The third-order valence-electron chi connectivity index (χ3n) is 4.57. The van der Waals surface area contributed by atoms with Crippen LogP contribution in [0.15, 0.2) is 56.8 Å². The van der Waals surface area contributed by atoms with Crippen molar-refractivity contribution in [2.24, 2.45) is 0 Å². The minimum absolute atomic E-state index is 0.0916. The maximum Gasteiger partial charge on any atom is 0.336 e. The summed E-state index contributed by atoms with van der Waals surface area (Å²) in [6, 6.07) is 12.5. The Morgan fingerprint density at radius 1 is 1.21 bits per heavy atom. The molecule has 2 aromatic heterocycles. The first-order chi connectivity index (χ1) is 14.0. The van der Waals surface area contributed by atoms with Gasteiger partial charge in [-0.25, -0.2) is 9.48 Å². The van der Waals surface area contributed by atoms with E-state index in [2.05, 4.69) is 15.5 Å². The predicted octanol–water partition coefficient (Wildman–Crippen LogP) is 3.14. The van der Waals surface area contributed by atoms with Gasteiger partial charge in [0.25, 0.3) is 0 Å². The van der Waals surface area contributed by atoms with E-state index in [0.29, 0.717) is 28.6 Å². The second-order valence-corrected chi connectivity index (χ2v) is 7.38. The number of tetrazole rings is 1. The Morgan fingerprint density at radius 3 is 2.76 bits per heavy atom. The molecule has 4 aromatic rings. The highest BCUT2D eigenvalue weighted by Crippen LogP contribution is 2.30. The number of phenols is 1. The molecule has 0 bridgehead atoms. The minimum Gasteiger partial charge on any atom is -0.508 e. The minimum atomic E-state index is -0.459. The Kier molecular flexibility index (Phi) is 5.22. The Balaban J connectivity index is 1.57. The average Bonchev–Trinajstić information content (AvgIpc) is 3.16. The van der Waals surface area contributed by atoms with E-state index in [4.69, 9.17) is 9.15 Å². The number of aryl methyl sites for hydroxylation is 1. The van der Waals surface area contributed by atoms with Gasteiger partial charge in [-0.3, -0.25) is 0 Å². The molecule has 0 aliphatic rings. The number of nitrogens with zero attached hydrogens (tertiary/aromatic N) is 4. The number of aromatic nitrogens is 4. The van der Waals surface area contributed by atoms with Crippen molar-refractivity contribution in [3.05, 3.63) is 69.6 Å². The fourth-order valence-corrected chi connectivity index (χ4v) is 3.85. The summed E-state index contributed by atoms with van der Waals surface area (Å²) < 4.78 is 12.2. The normalized spacial score (nSPS) is 11.1. The van der Waals surface area contributed by atoms with Crippen molar-refractivity contribution in [1.29, 1.82) is 0 Å². The lowest BCUT2D eigenvalue weighted by atomic mass is 10.1. The van der Waals surface area contributed by atoms with Crippen molar-refractivity contribution in [3.8, 4) is 11.5 Å². The van der Waals surface area contributed by atoms with Gasteiger partial charge in [0.15, 0.2) is 0 Å². The summed E-state index contributed by atoms with van der Waals surface area (Å²) in [4.78, 5) is 12.0. The third-order valence-corrected chi connectivity index (χ3v) is 5.57. The van der Waals surface area contributed by atoms with E-state index in [1.807, 2.05) is 24.3 Å². The second kappa shape index (κ2) is 7.96. The molecule has 29 heavy (non-hydrogen) atoms. The number of hydrogen-bond donors (Lipinski definition) is 1. The lowest BCUT2D eigenvalue weighted by Gasteiger charge is -2.08. The molecule has 0 unspecified atom stereocenters. The molecule has 0 fully saturated rings. The monoisotopic (exact) mass is 410 g/mol. The molecule has 0 spiro atoms. The number of methoxy groups -OCH3 is 1. The zero-order valence-electron chi connectivity index (χ0n) is 15.8. The number of phenolic OH excluding ortho intramolecular Hbond substituents is 1. The molecule has 0 aliphatic carbocycles.